The summed E-state index contributed by atoms with van der Waals surface area (Å²) < 4.78 is 37.1. The molecule has 38 heavy (non-hydrogen) atoms. The molecule has 10 heteroatoms. The lowest BCUT2D eigenvalue weighted by atomic mass is 10.2. The lowest BCUT2D eigenvalue weighted by Gasteiger charge is -2.13. The zero-order valence-corrected chi connectivity index (χ0v) is 21.8. The standard InChI is InChI=1S/C28H34O10/c1-4-26(29)35-16-8-7-15-34-22-11-9-21(10-12-22)27(30)38-25-14-13-23(37-20-33-6-3)19-24(25)28(31)36-18-17-32-5-2/h4,9-14,19H,1,5-8,15-18,20H2,2-3H3. The van der Waals surface area contributed by atoms with Crippen molar-refractivity contribution < 1.29 is 47.5 Å². The number of carbonyl (C=O) groups excluding carboxylic acids is 3. The smallest absolute Gasteiger partial charge is 0.343 e. The predicted molar refractivity (Wildman–Crippen MR) is 138 cm³/mol. The third-order valence-electron chi connectivity index (χ3n) is 4.86. The molecule has 0 aromatic heterocycles. The van der Waals surface area contributed by atoms with Gasteiger partial charge in [-0.05, 0) is 69.2 Å². The highest BCUT2D eigenvalue weighted by Crippen LogP contribution is 2.26. The Bertz CT molecular complexity index is 1030. The van der Waals surface area contributed by atoms with Crippen molar-refractivity contribution in [2.45, 2.75) is 26.7 Å². The quantitative estimate of drug-likeness (QED) is 0.0905. The van der Waals surface area contributed by atoms with Gasteiger partial charge in [0.2, 0.25) is 0 Å². The average Bonchev–Trinajstić information content (AvgIpc) is 2.93. The van der Waals surface area contributed by atoms with Crippen molar-refractivity contribution in [2.24, 2.45) is 0 Å². The van der Waals surface area contributed by atoms with Crippen molar-refractivity contribution in [2.75, 3.05) is 46.4 Å². The van der Waals surface area contributed by atoms with Crippen molar-refractivity contribution in [3.63, 3.8) is 0 Å². The molecule has 2 rings (SSSR count). The topological polar surface area (TPSA) is 116 Å². The van der Waals surface area contributed by atoms with Crippen molar-refractivity contribution >= 4 is 17.9 Å². The van der Waals surface area contributed by atoms with Crippen molar-refractivity contribution in [1.82, 2.24) is 0 Å². The Balaban J connectivity index is 1.98. The summed E-state index contributed by atoms with van der Waals surface area (Å²) >= 11 is 0. The van der Waals surface area contributed by atoms with E-state index in [1.54, 1.807) is 30.3 Å². The molecule has 206 valence electrons. The molecule has 0 spiro atoms. The molecule has 0 bridgehead atoms. The number of ether oxygens (including phenoxy) is 7. The summed E-state index contributed by atoms with van der Waals surface area (Å²) in [5.41, 5.74) is 0.295. The van der Waals surface area contributed by atoms with Crippen LogP contribution in [0.1, 0.15) is 47.4 Å². The Morgan fingerprint density at radius 2 is 1.47 bits per heavy atom. The fraction of sp³-hybridized carbons (Fsp3) is 0.393. The van der Waals surface area contributed by atoms with Gasteiger partial charge in [0.05, 0.1) is 25.4 Å². The van der Waals surface area contributed by atoms with Crippen LogP contribution in [0, 0.1) is 0 Å². The molecular formula is C28H34O10. The first kappa shape index (κ1) is 30.3. The van der Waals surface area contributed by atoms with Gasteiger partial charge < -0.3 is 33.2 Å². The van der Waals surface area contributed by atoms with Gasteiger partial charge in [0.1, 0.15) is 29.4 Å². The molecule has 0 saturated carbocycles. The third-order valence-corrected chi connectivity index (χ3v) is 4.86. The molecular weight excluding hydrogens is 496 g/mol. The van der Waals surface area contributed by atoms with E-state index in [0.717, 1.165) is 6.08 Å². The summed E-state index contributed by atoms with van der Waals surface area (Å²) in [6.07, 6.45) is 2.45. The van der Waals surface area contributed by atoms with Crippen LogP contribution < -0.4 is 14.2 Å². The molecule has 0 atom stereocenters. The van der Waals surface area contributed by atoms with E-state index in [0.29, 0.717) is 50.8 Å². The summed E-state index contributed by atoms with van der Waals surface area (Å²) in [5.74, 6) is -0.846. The Kier molecular flexibility index (Phi) is 14.0. The summed E-state index contributed by atoms with van der Waals surface area (Å²) in [5, 5.41) is 0. The van der Waals surface area contributed by atoms with Crippen LogP contribution in [0.25, 0.3) is 0 Å². The largest absolute Gasteiger partial charge is 0.494 e. The number of carbonyl (C=O) groups is 3. The van der Waals surface area contributed by atoms with Crippen LogP contribution in [0.5, 0.6) is 17.2 Å². The molecule has 0 aliphatic carbocycles. The summed E-state index contributed by atoms with van der Waals surface area (Å²) in [6.45, 7) is 8.98. The second-order valence-electron chi connectivity index (χ2n) is 7.59. The highest BCUT2D eigenvalue weighted by Gasteiger charge is 2.19. The molecule has 2 aromatic carbocycles. The minimum absolute atomic E-state index is 0.00560. The van der Waals surface area contributed by atoms with Gasteiger partial charge in [-0.1, -0.05) is 6.58 Å². The van der Waals surface area contributed by atoms with Crippen LogP contribution in [0.2, 0.25) is 0 Å². The van der Waals surface area contributed by atoms with Crippen LogP contribution in [0.3, 0.4) is 0 Å². The molecule has 0 heterocycles. The Hall–Kier alpha value is -3.89. The second-order valence-corrected chi connectivity index (χ2v) is 7.59. The van der Waals surface area contributed by atoms with Gasteiger partial charge in [-0.3, -0.25) is 0 Å². The normalized spacial score (nSPS) is 10.4. The molecule has 0 fully saturated rings. The van der Waals surface area contributed by atoms with E-state index in [1.807, 2.05) is 13.8 Å². The van der Waals surface area contributed by atoms with Gasteiger partial charge >= 0.3 is 17.9 Å². The third kappa shape index (κ3) is 11.0. The number of rotatable bonds is 18. The zero-order chi connectivity index (χ0) is 27.6. The van der Waals surface area contributed by atoms with Crippen LogP contribution >= 0.6 is 0 Å². The van der Waals surface area contributed by atoms with Crippen molar-refractivity contribution in [3.8, 4) is 17.2 Å². The first-order valence-corrected chi connectivity index (χ1v) is 12.3. The monoisotopic (exact) mass is 530 g/mol. The number of hydrogen-bond donors (Lipinski definition) is 0. The predicted octanol–water partition coefficient (Wildman–Crippen LogP) is 4.36. The van der Waals surface area contributed by atoms with Crippen LogP contribution in [-0.2, 0) is 23.7 Å². The van der Waals surface area contributed by atoms with Gasteiger partial charge in [-0.25, -0.2) is 14.4 Å². The fourth-order valence-corrected chi connectivity index (χ4v) is 2.93. The van der Waals surface area contributed by atoms with Crippen LogP contribution in [0.4, 0.5) is 0 Å². The van der Waals surface area contributed by atoms with E-state index < -0.39 is 17.9 Å². The molecule has 0 unspecified atom stereocenters. The second kappa shape index (κ2) is 17.5. The van der Waals surface area contributed by atoms with Gasteiger partial charge in [-0.15, -0.1) is 0 Å². The van der Waals surface area contributed by atoms with Crippen molar-refractivity contribution in [3.05, 3.63) is 66.2 Å². The van der Waals surface area contributed by atoms with Crippen molar-refractivity contribution in [1.29, 1.82) is 0 Å². The van der Waals surface area contributed by atoms with Gasteiger partial charge in [0.15, 0.2) is 6.79 Å². The maximum Gasteiger partial charge on any atom is 0.343 e. The Labute approximate surface area is 222 Å². The first-order valence-electron chi connectivity index (χ1n) is 12.3. The molecule has 0 aliphatic rings. The summed E-state index contributed by atoms with van der Waals surface area (Å²) in [4.78, 5) is 36.5. The summed E-state index contributed by atoms with van der Waals surface area (Å²) in [6, 6.07) is 10.9. The Morgan fingerprint density at radius 1 is 0.763 bits per heavy atom. The molecule has 0 saturated heterocycles. The maximum atomic E-state index is 12.8. The molecule has 0 aliphatic heterocycles. The SMILES string of the molecule is C=CC(=O)OCCCCOc1ccc(C(=O)Oc2ccc(OCOCC)cc2C(=O)OCCOCC)cc1. The lowest BCUT2D eigenvalue weighted by Crippen LogP contribution is -2.15. The minimum Gasteiger partial charge on any atom is -0.494 e. The Morgan fingerprint density at radius 3 is 2.18 bits per heavy atom. The first-order chi connectivity index (χ1) is 18.5. The van der Waals surface area contributed by atoms with Gasteiger partial charge in [0.25, 0.3) is 0 Å². The molecule has 0 amide bonds. The van der Waals surface area contributed by atoms with Crippen LogP contribution in [-0.4, -0.2) is 64.3 Å². The molecule has 0 N–H and O–H groups in total. The van der Waals surface area contributed by atoms with E-state index >= 15 is 0 Å². The van der Waals surface area contributed by atoms with E-state index in [9.17, 15) is 14.4 Å². The number of unbranched alkanes of at least 4 members (excludes halogenated alkanes) is 1. The minimum atomic E-state index is -0.683. The average molecular weight is 531 g/mol. The fourth-order valence-electron chi connectivity index (χ4n) is 2.93. The van der Waals surface area contributed by atoms with Gasteiger partial charge in [0, 0.05) is 19.3 Å². The number of esters is 3. The van der Waals surface area contributed by atoms with Crippen LogP contribution in [0.15, 0.2) is 55.1 Å². The van der Waals surface area contributed by atoms with E-state index in [2.05, 4.69) is 6.58 Å². The number of benzene rings is 2. The lowest BCUT2D eigenvalue weighted by molar-refractivity contribution is -0.137. The zero-order valence-electron chi connectivity index (χ0n) is 21.8. The number of hydrogen-bond acceptors (Lipinski definition) is 10. The van der Waals surface area contributed by atoms with E-state index in [-0.39, 0.29) is 36.9 Å². The summed E-state index contributed by atoms with van der Waals surface area (Å²) in [7, 11) is 0. The maximum absolute atomic E-state index is 12.8. The highest BCUT2D eigenvalue weighted by molar-refractivity contribution is 5.96. The van der Waals surface area contributed by atoms with E-state index in [4.69, 9.17) is 33.2 Å². The molecule has 2 aromatic rings. The highest BCUT2D eigenvalue weighted by atomic mass is 16.7. The molecule has 10 nitrogen and oxygen atoms in total. The molecule has 0 radical (unpaired) electrons. The van der Waals surface area contributed by atoms with E-state index in [1.165, 1.54) is 12.1 Å². The van der Waals surface area contributed by atoms with Gasteiger partial charge in [-0.2, -0.15) is 0 Å².